The molecule has 4 nitrogen and oxygen atoms in total. The lowest BCUT2D eigenvalue weighted by Crippen LogP contribution is -2.53. The second-order valence-corrected chi connectivity index (χ2v) is 7.84. The van der Waals surface area contributed by atoms with Crippen LogP contribution >= 0.6 is 0 Å². The molecule has 0 saturated heterocycles. The van der Waals surface area contributed by atoms with Crippen molar-refractivity contribution >= 4 is 11.8 Å². The fourth-order valence-corrected chi connectivity index (χ4v) is 3.93. The first-order chi connectivity index (χ1) is 13.0. The summed E-state index contributed by atoms with van der Waals surface area (Å²) in [6.45, 7) is 11.1. The summed E-state index contributed by atoms with van der Waals surface area (Å²) in [5.74, 6) is 0.135. The van der Waals surface area contributed by atoms with Gasteiger partial charge in [0, 0.05) is 18.7 Å². The molecule has 0 bridgehead atoms. The Morgan fingerprint density at radius 3 is 2.52 bits per heavy atom. The van der Waals surface area contributed by atoms with E-state index in [0.29, 0.717) is 18.7 Å². The largest absolute Gasteiger partial charge is 0.354 e. The molecule has 0 spiro atoms. The van der Waals surface area contributed by atoms with E-state index >= 15 is 0 Å². The molecule has 4 heteroatoms. The highest BCUT2D eigenvalue weighted by Crippen LogP contribution is 2.32. The molecule has 148 valence electrons. The number of rotatable bonds is 9. The monoisotopic (exact) mass is 370 g/mol. The van der Waals surface area contributed by atoms with Gasteiger partial charge in [0.2, 0.25) is 5.91 Å². The Morgan fingerprint density at radius 1 is 1.26 bits per heavy atom. The van der Waals surface area contributed by atoms with Crippen molar-refractivity contribution in [3.8, 4) is 0 Å². The minimum atomic E-state index is -0.423. The quantitative estimate of drug-likeness (QED) is 0.514. The Morgan fingerprint density at radius 2 is 1.93 bits per heavy atom. The number of hydrogen-bond acceptors (Lipinski definition) is 2. The molecular weight excluding hydrogens is 336 g/mol. The Balaban J connectivity index is 2.34. The maximum Gasteiger partial charge on any atom is 0.255 e. The molecular formula is C23H34N2O2. The van der Waals surface area contributed by atoms with Crippen LogP contribution in [0.5, 0.6) is 0 Å². The van der Waals surface area contributed by atoms with Crippen LogP contribution in [0, 0.1) is 12.8 Å². The predicted molar refractivity (Wildman–Crippen MR) is 111 cm³/mol. The lowest BCUT2D eigenvalue weighted by Gasteiger charge is -2.35. The van der Waals surface area contributed by atoms with E-state index in [1.165, 1.54) is 0 Å². The van der Waals surface area contributed by atoms with Gasteiger partial charge in [0.1, 0.15) is 6.04 Å². The van der Waals surface area contributed by atoms with E-state index in [4.69, 9.17) is 0 Å². The third-order valence-corrected chi connectivity index (χ3v) is 5.36. The van der Waals surface area contributed by atoms with E-state index < -0.39 is 6.04 Å². The number of hydrogen-bond donors (Lipinski definition) is 1. The van der Waals surface area contributed by atoms with Crippen LogP contribution in [0.2, 0.25) is 0 Å². The van der Waals surface area contributed by atoms with Gasteiger partial charge in [-0.05, 0) is 50.7 Å². The minimum absolute atomic E-state index is 0.0152. The highest BCUT2D eigenvalue weighted by Gasteiger charge is 2.38. The van der Waals surface area contributed by atoms with E-state index in [9.17, 15) is 9.59 Å². The van der Waals surface area contributed by atoms with Crippen LogP contribution < -0.4 is 5.32 Å². The fourth-order valence-electron chi connectivity index (χ4n) is 3.93. The number of aryl methyl sites for hydroxylation is 1. The topological polar surface area (TPSA) is 49.4 Å². The number of benzene rings is 1. The summed E-state index contributed by atoms with van der Waals surface area (Å²) in [6, 6.07) is 7.18. The Labute approximate surface area is 164 Å². The van der Waals surface area contributed by atoms with Gasteiger partial charge in [-0.15, -0.1) is 0 Å². The van der Waals surface area contributed by atoms with Crippen molar-refractivity contribution in [2.24, 2.45) is 5.92 Å². The maximum atomic E-state index is 13.4. The average Bonchev–Trinajstić information content (AvgIpc) is 3.15. The van der Waals surface area contributed by atoms with Crippen molar-refractivity contribution in [2.45, 2.75) is 65.3 Å². The van der Waals surface area contributed by atoms with E-state index in [1.54, 1.807) is 4.90 Å². The summed E-state index contributed by atoms with van der Waals surface area (Å²) in [5, 5.41) is 3.07. The molecule has 1 unspecified atom stereocenters. The van der Waals surface area contributed by atoms with Crippen LogP contribution in [0.15, 0.2) is 36.4 Å². The average molecular weight is 371 g/mol. The number of carbonyl (C=O) groups excluding carboxylic acids is 2. The summed E-state index contributed by atoms with van der Waals surface area (Å²) in [4.78, 5) is 28.3. The zero-order valence-corrected chi connectivity index (χ0v) is 17.1. The molecule has 2 rings (SSSR count). The molecule has 27 heavy (non-hydrogen) atoms. The predicted octanol–water partition coefficient (Wildman–Crippen LogP) is 4.49. The van der Waals surface area contributed by atoms with Crippen LogP contribution in [0.4, 0.5) is 0 Å². The van der Waals surface area contributed by atoms with Crippen molar-refractivity contribution in [1.29, 1.82) is 0 Å². The number of unbranched alkanes of at least 4 members (excludes halogenated alkanes) is 1. The second kappa shape index (κ2) is 10.3. The Bertz CT molecular complexity index is 662. The maximum absolute atomic E-state index is 13.4. The first-order valence-electron chi connectivity index (χ1n) is 10.2. The van der Waals surface area contributed by atoms with Crippen LogP contribution in [0.1, 0.15) is 68.3 Å². The summed E-state index contributed by atoms with van der Waals surface area (Å²) in [5.41, 5.74) is 2.50. The third-order valence-electron chi connectivity index (χ3n) is 5.36. The van der Waals surface area contributed by atoms with Crippen molar-refractivity contribution in [3.63, 3.8) is 0 Å². The number of carbonyl (C=O) groups is 2. The first kappa shape index (κ1) is 21.2. The van der Waals surface area contributed by atoms with Gasteiger partial charge in [-0.25, -0.2) is 0 Å². The van der Waals surface area contributed by atoms with Crippen LogP contribution in [-0.4, -0.2) is 35.8 Å². The SMILES string of the molecule is C=C(C)CN(C(=O)c1ccccc1C)C(C(=O)NCCCC)C1CCCC1. The third kappa shape index (κ3) is 5.69. The molecule has 2 amide bonds. The van der Waals surface area contributed by atoms with Crippen LogP contribution in [0.3, 0.4) is 0 Å². The van der Waals surface area contributed by atoms with Gasteiger partial charge in [0.05, 0.1) is 0 Å². The molecule has 0 heterocycles. The van der Waals surface area contributed by atoms with Gasteiger partial charge in [0.25, 0.3) is 5.91 Å². The number of nitrogens with zero attached hydrogens (tertiary/aromatic N) is 1. The van der Waals surface area contributed by atoms with Gasteiger partial charge < -0.3 is 10.2 Å². The molecule has 1 aromatic carbocycles. The highest BCUT2D eigenvalue weighted by atomic mass is 16.2. The van der Waals surface area contributed by atoms with E-state index in [-0.39, 0.29) is 17.7 Å². The Kier molecular flexibility index (Phi) is 8.08. The van der Waals surface area contributed by atoms with Crippen molar-refractivity contribution in [3.05, 3.63) is 47.5 Å². The highest BCUT2D eigenvalue weighted by molar-refractivity contribution is 5.99. The van der Waals surface area contributed by atoms with Crippen LogP contribution in [-0.2, 0) is 4.79 Å². The van der Waals surface area contributed by atoms with E-state index in [1.807, 2.05) is 38.1 Å². The molecule has 1 saturated carbocycles. The summed E-state index contributed by atoms with van der Waals surface area (Å²) < 4.78 is 0. The van der Waals surface area contributed by atoms with Gasteiger partial charge >= 0.3 is 0 Å². The zero-order valence-electron chi connectivity index (χ0n) is 17.1. The van der Waals surface area contributed by atoms with Gasteiger partial charge in [0.15, 0.2) is 0 Å². The minimum Gasteiger partial charge on any atom is -0.354 e. The molecule has 1 aliphatic rings. The summed E-state index contributed by atoms with van der Waals surface area (Å²) in [7, 11) is 0. The van der Waals surface area contributed by atoms with Crippen molar-refractivity contribution in [2.75, 3.05) is 13.1 Å². The molecule has 1 N–H and O–H groups in total. The molecule has 1 fully saturated rings. The molecule has 1 aliphatic carbocycles. The molecule has 0 radical (unpaired) electrons. The van der Waals surface area contributed by atoms with Crippen molar-refractivity contribution < 1.29 is 9.59 Å². The van der Waals surface area contributed by atoms with Crippen LogP contribution in [0.25, 0.3) is 0 Å². The molecule has 1 atom stereocenters. The first-order valence-corrected chi connectivity index (χ1v) is 10.2. The van der Waals surface area contributed by atoms with Gasteiger partial charge in [-0.3, -0.25) is 9.59 Å². The normalized spacial score (nSPS) is 15.4. The van der Waals surface area contributed by atoms with Gasteiger partial charge in [-0.2, -0.15) is 0 Å². The van der Waals surface area contributed by atoms with Gasteiger partial charge in [-0.1, -0.05) is 56.5 Å². The van der Waals surface area contributed by atoms with E-state index in [2.05, 4.69) is 18.8 Å². The molecule has 0 aliphatic heterocycles. The smallest absolute Gasteiger partial charge is 0.255 e. The van der Waals surface area contributed by atoms with E-state index in [0.717, 1.165) is 49.7 Å². The second-order valence-electron chi connectivity index (χ2n) is 7.84. The summed E-state index contributed by atoms with van der Waals surface area (Å²) >= 11 is 0. The fraction of sp³-hybridized carbons (Fsp3) is 0.565. The zero-order chi connectivity index (χ0) is 19.8. The number of nitrogens with one attached hydrogen (secondary N) is 1. The molecule has 0 aromatic heterocycles. The summed E-state index contributed by atoms with van der Waals surface area (Å²) in [6.07, 6.45) is 6.24. The standard InChI is InChI=1S/C23H34N2O2/c1-5-6-15-24-22(26)21(19-12-8-9-13-19)25(16-17(2)3)23(27)20-14-10-7-11-18(20)4/h7,10-11,14,19,21H,2,5-6,8-9,12-13,15-16H2,1,3-4H3,(H,24,26). The Hall–Kier alpha value is -2.10. The lowest BCUT2D eigenvalue weighted by atomic mass is 9.94. The molecule has 1 aromatic rings. The number of amides is 2. The lowest BCUT2D eigenvalue weighted by molar-refractivity contribution is -0.127. The van der Waals surface area contributed by atoms with Crippen molar-refractivity contribution in [1.82, 2.24) is 10.2 Å².